The molecular weight excluding hydrogens is 224 g/mol. The number of nitrogens with zero attached hydrogens (tertiary/aromatic N) is 4. The molecule has 0 aliphatic heterocycles. The molecule has 0 aromatic rings. The van der Waals surface area contributed by atoms with Crippen LogP contribution < -0.4 is 0 Å². The average molecular weight is 258 g/mol. The predicted octanol–water partition coefficient (Wildman–Crippen LogP) is 0.753. The summed E-state index contributed by atoms with van der Waals surface area (Å²) < 4.78 is 0. The fourth-order valence-corrected chi connectivity index (χ4v) is 1.77. The highest BCUT2D eigenvalue weighted by Gasteiger charge is 2.04. The Kier molecular flexibility index (Phi) is 10.6. The molecule has 0 rings (SSSR count). The fraction of sp³-hybridized carbons (Fsp3) is 1.00. The number of hydrogen-bond donors (Lipinski definition) is 0. The van der Waals surface area contributed by atoms with Crippen molar-refractivity contribution in [2.75, 3.05) is 81.1 Å². The molecule has 110 valence electrons. The zero-order valence-corrected chi connectivity index (χ0v) is 13.4. The zero-order valence-electron chi connectivity index (χ0n) is 13.4. The second-order valence-corrected chi connectivity index (χ2v) is 5.71. The normalized spacial score (nSPS) is 12.3. The maximum atomic E-state index is 2.43. The lowest BCUT2D eigenvalue weighted by Gasteiger charge is -2.25. The third kappa shape index (κ3) is 11.0. The van der Waals surface area contributed by atoms with Crippen LogP contribution in [0.4, 0.5) is 0 Å². The van der Waals surface area contributed by atoms with Crippen LogP contribution in [-0.4, -0.2) is 101 Å². The monoisotopic (exact) mass is 258 g/mol. The summed E-state index contributed by atoms with van der Waals surface area (Å²) in [6.07, 6.45) is 1.24. The Bertz CT molecular complexity index is 185. The summed E-state index contributed by atoms with van der Waals surface area (Å²) in [6, 6.07) is 0. The van der Waals surface area contributed by atoms with Crippen molar-refractivity contribution in [3.63, 3.8) is 0 Å². The van der Waals surface area contributed by atoms with Crippen molar-refractivity contribution < 1.29 is 0 Å². The Labute approximate surface area is 115 Å². The third-order valence-electron chi connectivity index (χ3n) is 3.26. The number of hydrogen-bond acceptors (Lipinski definition) is 4. The molecule has 0 aliphatic rings. The molecule has 0 saturated heterocycles. The summed E-state index contributed by atoms with van der Waals surface area (Å²) in [5, 5.41) is 0. The van der Waals surface area contributed by atoms with Crippen LogP contribution in [0, 0.1) is 0 Å². The highest BCUT2D eigenvalue weighted by Crippen LogP contribution is 1.91. The van der Waals surface area contributed by atoms with Gasteiger partial charge >= 0.3 is 0 Å². The molecule has 0 amide bonds. The van der Waals surface area contributed by atoms with Crippen molar-refractivity contribution in [3.8, 4) is 0 Å². The maximum absolute atomic E-state index is 2.43. The Morgan fingerprint density at radius 3 is 1.17 bits per heavy atom. The lowest BCUT2D eigenvalue weighted by Crippen LogP contribution is -2.37. The van der Waals surface area contributed by atoms with Gasteiger partial charge in [-0.2, -0.15) is 0 Å². The lowest BCUT2D eigenvalue weighted by molar-refractivity contribution is 0.217. The number of likely N-dealkylation sites (N-methyl/N-ethyl adjacent to an activating group) is 4. The van der Waals surface area contributed by atoms with E-state index < -0.39 is 0 Å². The van der Waals surface area contributed by atoms with Crippen LogP contribution in [0.25, 0.3) is 0 Å². The molecule has 4 heteroatoms. The molecule has 0 aromatic heterocycles. The first-order chi connectivity index (χ1) is 8.45. The minimum Gasteiger partial charge on any atom is -0.308 e. The number of rotatable bonds is 11. The summed E-state index contributed by atoms with van der Waals surface area (Å²) in [7, 11) is 10.9. The summed E-state index contributed by atoms with van der Waals surface area (Å²) in [5.74, 6) is 0. The minimum atomic E-state index is 1.14. The van der Waals surface area contributed by atoms with Gasteiger partial charge in [0.1, 0.15) is 0 Å². The van der Waals surface area contributed by atoms with Crippen molar-refractivity contribution in [2.45, 2.75) is 13.3 Å². The highest BCUT2D eigenvalue weighted by atomic mass is 15.2. The van der Waals surface area contributed by atoms with Crippen LogP contribution >= 0.6 is 0 Å². The first kappa shape index (κ1) is 17.8. The SMILES string of the molecule is CCCN(C)CCN(C)CCN(C)CCN(C)C. The molecule has 0 unspecified atom stereocenters. The minimum absolute atomic E-state index is 1.14. The van der Waals surface area contributed by atoms with Gasteiger partial charge in [-0.3, -0.25) is 0 Å². The molecule has 0 N–H and O–H groups in total. The second kappa shape index (κ2) is 10.7. The molecule has 0 aliphatic carbocycles. The summed E-state index contributed by atoms with van der Waals surface area (Å²) in [4.78, 5) is 9.48. The van der Waals surface area contributed by atoms with Crippen LogP contribution in [0.5, 0.6) is 0 Å². The topological polar surface area (TPSA) is 13.0 Å². The summed E-state index contributed by atoms with van der Waals surface area (Å²) >= 11 is 0. The van der Waals surface area contributed by atoms with E-state index in [2.05, 4.69) is 61.8 Å². The zero-order chi connectivity index (χ0) is 14.0. The van der Waals surface area contributed by atoms with Gasteiger partial charge in [-0.1, -0.05) is 6.92 Å². The van der Waals surface area contributed by atoms with E-state index >= 15 is 0 Å². The molecule has 4 nitrogen and oxygen atoms in total. The van der Waals surface area contributed by atoms with E-state index in [1.807, 2.05) is 0 Å². The van der Waals surface area contributed by atoms with E-state index in [1.54, 1.807) is 0 Å². The van der Waals surface area contributed by atoms with Crippen LogP contribution in [-0.2, 0) is 0 Å². The van der Waals surface area contributed by atoms with Crippen LogP contribution in [0.3, 0.4) is 0 Å². The van der Waals surface area contributed by atoms with Gasteiger partial charge in [-0.25, -0.2) is 0 Å². The van der Waals surface area contributed by atoms with Gasteiger partial charge in [-0.05, 0) is 48.2 Å². The van der Waals surface area contributed by atoms with E-state index in [9.17, 15) is 0 Å². The summed E-state index contributed by atoms with van der Waals surface area (Å²) in [6.45, 7) is 10.4. The molecular formula is C14H34N4. The fourth-order valence-electron chi connectivity index (χ4n) is 1.77. The molecule has 0 heterocycles. The van der Waals surface area contributed by atoms with Gasteiger partial charge in [0, 0.05) is 39.3 Å². The van der Waals surface area contributed by atoms with Crippen LogP contribution in [0.15, 0.2) is 0 Å². The molecule has 0 spiro atoms. The van der Waals surface area contributed by atoms with Crippen molar-refractivity contribution in [2.24, 2.45) is 0 Å². The van der Waals surface area contributed by atoms with Gasteiger partial charge in [0.2, 0.25) is 0 Å². The predicted molar refractivity (Wildman–Crippen MR) is 81.3 cm³/mol. The largest absolute Gasteiger partial charge is 0.308 e. The van der Waals surface area contributed by atoms with E-state index in [0.717, 1.165) is 32.7 Å². The van der Waals surface area contributed by atoms with E-state index in [4.69, 9.17) is 0 Å². The molecule has 0 fully saturated rings. The van der Waals surface area contributed by atoms with Gasteiger partial charge in [0.25, 0.3) is 0 Å². The van der Waals surface area contributed by atoms with Crippen LogP contribution in [0.1, 0.15) is 13.3 Å². The van der Waals surface area contributed by atoms with Crippen LogP contribution in [0.2, 0.25) is 0 Å². The van der Waals surface area contributed by atoms with Crippen molar-refractivity contribution in [1.29, 1.82) is 0 Å². The van der Waals surface area contributed by atoms with E-state index in [1.165, 1.54) is 19.5 Å². The highest BCUT2D eigenvalue weighted by molar-refractivity contribution is 4.60. The molecule has 0 aromatic carbocycles. The molecule has 0 bridgehead atoms. The van der Waals surface area contributed by atoms with E-state index in [-0.39, 0.29) is 0 Å². The van der Waals surface area contributed by atoms with Gasteiger partial charge < -0.3 is 19.6 Å². The Morgan fingerprint density at radius 1 is 0.500 bits per heavy atom. The van der Waals surface area contributed by atoms with Gasteiger partial charge in [-0.15, -0.1) is 0 Å². The molecule has 0 radical (unpaired) electrons. The Hall–Kier alpha value is -0.160. The molecule has 18 heavy (non-hydrogen) atoms. The van der Waals surface area contributed by atoms with Gasteiger partial charge in [0.15, 0.2) is 0 Å². The van der Waals surface area contributed by atoms with Crippen molar-refractivity contribution in [1.82, 2.24) is 19.6 Å². The molecule has 0 atom stereocenters. The standard InChI is InChI=1S/C14H34N4/c1-7-8-16(4)11-12-18(6)14-13-17(5)10-9-15(2)3/h7-14H2,1-6H3. The van der Waals surface area contributed by atoms with Crippen molar-refractivity contribution in [3.05, 3.63) is 0 Å². The van der Waals surface area contributed by atoms with Gasteiger partial charge in [0.05, 0.1) is 0 Å². The Morgan fingerprint density at radius 2 is 0.833 bits per heavy atom. The quantitative estimate of drug-likeness (QED) is 0.542. The Balaban J connectivity index is 3.54. The van der Waals surface area contributed by atoms with Crippen molar-refractivity contribution >= 4 is 0 Å². The average Bonchev–Trinajstić information content (AvgIpc) is 2.31. The lowest BCUT2D eigenvalue weighted by atomic mass is 10.4. The third-order valence-corrected chi connectivity index (χ3v) is 3.26. The summed E-state index contributed by atoms with van der Waals surface area (Å²) in [5.41, 5.74) is 0. The smallest absolute Gasteiger partial charge is 0.0107 e. The van der Waals surface area contributed by atoms with E-state index in [0.29, 0.717) is 0 Å². The molecule has 0 saturated carbocycles. The first-order valence-electron chi connectivity index (χ1n) is 7.16. The second-order valence-electron chi connectivity index (χ2n) is 5.71. The first-order valence-corrected chi connectivity index (χ1v) is 7.16. The maximum Gasteiger partial charge on any atom is 0.0107 e.